The minimum absolute atomic E-state index is 0.0181. The van der Waals surface area contributed by atoms with Crippen LogP contribution in [0.4, 0.5) is 0 Å². The number of unbranched alkanes of at least 4 members (excludes halogenated alkanes) is 3. The number of esters is 4. The lowest BCUT2D eigenvalue weighted by molar-refractivity contribution is -0.192. The van der Waals surface area contributed by atoms with E-state index < -0.39 is 42.3 Å². The molecule has 0 aromatic heterocycles. The summed E-state index contributed by atoms with van der Waals surface area (Å²) in [6.07, 6.45) is 4.50. The zero-order valence-corrected chi connectivity index (χ0v) is 24.4. The zero-order chi connectivity index (χ0) is 29.2. The molecule has 0 spiro atoms. The Morgan fingerprint density at radius 1 is 0.487 bits per heavy atom. The van der Waals surface area contributed by atoms with Gasteiger partial charge < -0.3 is 33.2 Å². The van der Waals surface area contributed by atoms with Crippen molar-refractivity contribution in [2.75, 3.05) is 59.5 Å². The van der Waals surface area contributed by atoms with Crippen molar-refractivity contribution in [1.29, 1.82) is 0 Å². The predicted molar refractivity (Wildman–Crippen MR) is 143 cm³/mol. The maximum Gasteiger partial charge on any atom is 0.351 e. The Morgan fingerprint density at radius 2 is 0.897 bits per heavy atom. The zero-order valence-electron chi connectivity index (χ0n) is 24.4. The Labute approximate surface area is 233 Å². The number of ether oxygens (including phenoxy) is 7. The summed E-state index contributed by atoms with van der Waals surface area (Å²) in [7, 11) is 0. The normalized spacial score (nSPS) is 11.2. The molecular weight excluding hydrogens is 512 g/mol. The van der Waals surface area contributed by atoms with E-state index in [0.29, 0.717) is 26.2 Å². The highest BCUT2D eigenvalue weighted by molar-refractivity contribution is 5.92. The fourth-order valence-electron chi connectivity index (χ4n) is 3.16. The lowest BCUT2D eigenvalue weighted by atomic mass is 9.94. The van der Waals surface area contributed by atoms with Crippen LogP contribution < -0.4 is 0 Å². The van der Waals surface area contributed by atoms with Crippen LogP contribution in [0.1, 0.15) is 91.9 Å². The minimum Gasteiger partial charge on any atom is -0.463 e. The molecule has 11 heteroatoms. The molecule has 0 rings (SSSR count). The van der Waals surface area contributed by atoms with E-state index in [1.54, 1.807) is 6.92 Å². The van der Waals surface area contributed by atoms with E-state index in [0.717, 1.165) is 38.5 Å². The van der Waals surface area contributed by atoms with E-state index in [-0.39, 0.29) is 46.1 Å². The van der Waals surface area contributed by atoms with Gasteiger partial charge in [0.25, 0.3) is 0 Å². The molecule has 0 aromatic rings. The Bertz CT molecular complexity index is 636. The van der Waals surface area contributed by atoms with E-state index in [1.165, 1.54) is 0 Å². The van der Waals surface area contributed by atoms with Gasteiger partial charge in [0.2, 0.25) is 5.60 Å². The average molecular weight is 563 g/mol. The van der Waals surface area contributed by atoms with Crippen LogP contribution in [0, 0.1) is 0 Å². The van der Waals surface area contributed by atoms with Crippen molar-refractivity contribution in [2.45, 2.75) is 97.5 Å². The second-order valence-corrected chi connectivity index (χ2v) is 9.05. The first-order valence-electron chi connectivity index (χ1n) is 14.3. The van der Waals surface area contributed by atoms with Crippen molar-refractivity contribution in [3.8, 4) is 0 Å². The van der Waals surface area contributed by atoms with Crippen molar-refractivity contribution in [1.82, 2.24) is 0 Å². The second-order valence-electron chi connectivity index (χ2n) is 9.05. The topological polar surface area (TPSA) is 133 Å². The number of carbonyl (C=O) groups is 4. The van der Waals surface area contributed by atoms with Gasteiger partial charge in [0.05, 0.1) is 32.7 Å². The maximum absolute atomic E-state index is 13.2. The van der Waals surface area contributed by atoms with Crippen molar-refractivity contribution < 1.29 is 52.3 Å². The Kier molecular flexibility index (Phi) is 23.4. The molecule has 0 saturated heterocycles. The number of rotatable bonds is 26. The molecule has 0 bridgehead atoms. The summed E-state index contributed by atoms with van der Waals surface area (Å²) in [6.45, 7) is 9.63. The molecule has 39 heavy (non-hydrogen) atoms. The summed E-state index contributed by atoms with van der Waals surface area (Å²) in [5, 5.41) is 0. The first-order chi connectivity index (χ1) is 18.8. The van der Waals surface area contributed by atoms with Gasteiger partial charge in [-0.3, -0.25) is 14.4 Å². The first kappa shape index (κ1) is 36.8. The monoisotopic (exact) mass is 562 g/mol. The third-order valence-corrected chi connectivity index (χ3v) is 5.36. The summed E-state index contributed by atoms with van der Waals surface area (Å²) in [4.78, 5) is 51.2. The van der Waals surface area contributed by atoms with Crippen molar-refractivity contribution in [2.24, 2.45) is 0 Å². The van der Waals surface area contributed by atoms with Gasteiger partial charge in [-0.25, -0.2) is 4.79 Å². The molecular formula is C28H50O11. The van der Waals surface area contributed by atoms with Crippen molar-refractivity contribution in [3.05, 3.63) is 0 Å². The van der Waals surface area contributed by atoms with Crippen LogP contribution in [0.15, 0.2) is 0 Å². The highest BCUT2D eigenvalue weighted by atomic mass is 16.6. The molecule has 0 heterocycles. The summed E-state index contributed by atoms with van der Waals surface area (Å²) in [6, 6.07) is 0. The van der Waals surface area contributed by atoms with Gasteiger partial charge in [-0.2, -0.15) is 0 Å². The van der Waals surface area contributed by atoms with Crippen LogP contribution in [0.2, 0.25) is 0 Å². The third-order valence-electron chi connectivity index (χ3n) is 5.36. The Hall–Kier alpha value is -2.24. The van der Waals surface area contributed by atoms with E-state index in [2.05, 4.69) is 0 Å². The average Bonchev–Trinajstić information content (AvgIpc) is 2.90. The van der Waals surface area contributed by atoms with Gasteiger partial charge >= 0.3 is 23.9 Å². The van der Waals surface area contributed by atoms with Crippen LogP contribution >= 0.6 is 0 Å². The summed E-state index contributed by atoms with van der Waals surface area (Å²) >= 11 is 0. The lowest BCUT2D eigenvalue weighted by Crippen LogP contribution is -2.49. The number of carbonyl (C=O) groups excluding carboxylic acids is 4. The van der Waals surface area contributed by atoms with Gasteiger partial charge in [0.15, 0.2) is 0 Å². The molecule has 0 radical (unpaired) electrons. The van der Waals surface area contributed by atoms with E-state index in [4.69, 9.17) is 33.2 Å². The molecule has 0 aliphatic carbocycles. The van der Waals surface area contributed by atoms with Crippen LogP contribution in [0.3, 0.4) is 0 Å². The molecule has 11 nitrogen and oxygen atoms in total. The minimum atomic E-state index is -2.24. The summed E-state index contributed by atoms with van der Waals surface area (Å²) < 4.78 is 37.3. The molecule has 0 aliphatic heterocycles. The highest BCUT2D eigenvalue weighted by Gasteiger charge is 2.49. The Morgan fingerprint density at radius 3 is 1.28 bits per heavy atom. The van der Waals surface area contributed by atoms with E-state index in [1.807, 2.05) is 20.8 Å². The fourth-order valence-corrected chi connectivity index (χ4v) is 3.16. The molecule has 0 N–H and O–H groups in total. The second kappa shape index (κ2) is 24.8. The van der Waals surface area contributed by atoms with Gasteiger partial charge in [-0.15, -0.1) is 0 Å². The Balaban J connectivity index is 5.44. The predicted octanol–water partition coefficient (Wildman–Crippen LogP) is 3.93. The van der Waals surface area contributed by atoms with Crippen LogP contribution in [-0.2, 0) is 52.3 Å². The number of hydrogen-bond donors (Lipinski definition) is 0. The summed E-state index contributed by atoms with van der Waals surface area (Å²) in [5.41, 5.74) is -2.24. The van der Waals surface area contributed by atoms with Gasteiger partial charge in [-0.1, -0.05) is 47.0 Å². The van der Waals surface area contributed by atoms with E-state index >= 15 is 0 Å². The molecule has 0 aromatic carbocycles. The van der Waals surface area contributed by atoms with Gasteiger partial charge in [0, 0.05) is 26.2 Å². The summed E-state index contributed by atoms with van der Waals surface area (Å²) in [5.74, 6) is -3.48. The molecule has 0 fully saturated rings. The quantitative estimate of drug-likeness (QED) is 0.0862. The van der Waals surface area contributed by atoms with Crippen molar-refractivity contribution >= 4 is 23.9 Å². The SMILES string of the molecule is CCCCOCCOC(=O)CC(CC(=O)OCCOCCCC)(OC(=O)CCC)C(=O)OCCOCCCC. The van der Waals surface area contributed by atoms with Crippen LogP contribution in [0.5, 0.6) is 0 Å². The van der Waals surface area contributed by atoms with Crippen LogP contribution in [-0.4, -0.2) is 88.9 Å². The molecule has 228 valence electrons. The van der Waals surface area contributed by atoms with E-state index in [9.17, 15) is 19.2 Å². The fraction of sp³-hybridized carbons (Fsp3) is 0.857. The standard InChI is InChI=1S/C28H50O11/c1-5-9-13-33-16-19-36-25(30)22-28(39-24(29)12-8-4,27(32)38-21-18-35-15-11-7-3)23-26(31)37-20-17-34-14-10-6-2/h5-23H2,1-4H3. The maximum atomic E-state index is 13.2. The smallest absolute Gasteiger partial charge is 0.351 e. The number of hydrogen-bond acceptors (Lipinski definition) is 11. The third kappa shape index (κ3) is 19.5. The molecule has 0 unspecified atom stereocenters. The molecule has 0 amide bonds. The molecule has 0 aliphatic rings. The van der Waals surface area contributed by atoms with Gasteiger partial charge in [0.1, 0.15) is 19.8 Å². The van der Waals surface area contributed by atoms with Gasteiger partial charge in [-0.05, 0) is 25.7 Å². The van der Waals surface area contributed by atoms with Crippen molar-refractivity contribution in [3.63, 3.8) is 0 Å². The molecule has 0 saturated carbocycles. The lowest BCUT2D eigenvalue weighted by Gasteiger charge is -2.29. The first-order valence-corrected chi connectivity index (χ1v) is 14.3. The largest absolute Gasteiger partial charge is 0.463 e. The van der Waals surface area contributed by atoms with Crippen LogP contribution in [0.25, 0.3) is 0 Å². The molecule has 0 atom stereocenters. The highest BCUT2D eigenvalue weighted by Crippen LogP contribution is 2.26.